The summed E-state index contributed by atoms with van der Waals surface area (Å²) in [6.07, 6.45) is 1.77. The number of nitrogens with two attached hydrogens (primary N) is 1. The molecular weight excluding hydrogens is 244 g/mol. The topological polar surface area (TPSA) is 91.7 Å². The first kappa shape index (κ1) is 13.3. The molecule has 0 bridgehead atoms. The molecule has 0 radical (unpaired) electrons. The van der Waals surface area contributed by atoms with Crippen LogP contribution in [0.4, 0.5) is 5.95 Å². The van der Waals surface area contributed by atoms with Crippen molar-refractivity contribution in [1.82, 2.24) is 24.7 Å². The highest BCUT2D eigenvalue weighted by Gasteiger charge is 2.11. The number of nitrogens with zero attached hydrogens (tertiary/aromatic N) is 5. The molecule has 2 rings (SSSR count). The van der Waals surface area contributed by atoms with Gasteiger partial charge in [0.25, 0.3) is 5.95 Å². The van der Waals surface area contributed by atoms with Gasteiger partial charge >= 0.3 is 6.01 Å². The van der Waals surface area contributed by atoms with Gasteiger partial charge < -0.3 is 10.5 Å². The molecule has 0 atom stereocenters. The normalized spacial score (nSPS) is 11.3. The van der Waals surface area contributed by atoms with Crippen molar-refractivity contribution < 1.29 is 4.74 Å². The Kier molecular flexibility index (Phi) is 3.64. The molecule has 102 valence electrons. The van der Waals surface area contributed by atoms with Gasteiger partial charge in [-0.3, -0.25) is 0 Å². The van der Waals surface area contributed by atoms with Crippen LogP contribution in [-0.4, -0.2) is 30.8 Å². The first-order chi connectivity index (χ1) is 8.95. The molecule has 0 amide bonds. The Hall–Kier alpha value is -2.18. The van der Waals surface area contributed by atoms with E-state index in [0.717, 1.165) is 5.69 Å². The average Bonchev–Trinajstić information content (AvgIpc) is 2.76. The van der Waals surface area contributed by atoms with E-state index < -0.39 is 0 Å². The third-order valence-corrected chi connectivity index (χ3v) is 2.37. The summed E-state index contributed by atoms with van der Waals surface area (Å²) in [7, 11) is 0. The van der Waals surface area contributed by atoms with Crippen molar-refractivity contribution in [2.75, 3.05) is 5.73 Å². The van der Waals surface area contributed by atoms with Gasteiger partial charge in [-0.05, 0) is 25.8 Å². The highest BCUT2D eigenvalue weighted by atomic mass is 16.5. The fraction of sp³-hybridized carbons (Fsp3) is 0.500. The van der Waals surface area contributed by atoms with E-state index in [9.17, 15) is 0 Å². The predicted molar refractivity (Wildman–Crippen MR) is 71.2 cm³/mol. The standard InChI is InChI=1S/C12H18N6O/c1-7(2)9-5-6-18(17-9)11-14-10(13)15-12(16-11)19-8(3)4/h5-8H,1-4H3,(H2,13,14,15,16). The lowest BCUT2D eigenvalue weighted by molar-refractivity contribution is 0.221. The average molecular weight is 262 g/mol. The Morgan fingerprint density at radius 2 is 1.89 bits per heavy atom. The third-order valence-electron chi connectivity index (χ3n) is 2.37. The van der Waals surface area contributed by atoms with E-state index in [1.807, 2.05) is 19.9 Å². The zero-order valence-electron chi connectivity index (χ0n) is 11.5. The van der Waals surface area contributed by atoms with Crippen LogP contribution in [-0.2, 0) is 0 Å². The molecule has 0 aliphatic rings. The first-order valence-electron chi connectivity index (χ1n) is 6.20. The SMILES string of the molecule is CC(C)Oc1nc(N)nc(-n2ccc(C(C)C)n2)n1. The van der Waals surface area contributed by atoms with Crippen LogP contribution in [0.15, 0.2) is 12.3 Å². The summed E-state index contributed by atoms with van der Waals surface area (Å²) in [5.41, 5.74) is 6.62. The van der Waals surface area contributed by atoms with Crippen molar-refractivity contribution in [2.45, 2.75) is 39.7 Å². The maximum Gasteiger partial charge on any atom is 0.323 e. The smallest absolute Gasteiger partial charge is 0.323 e. The largest absolute Gasteiger partial charge is 0.461 e. The number of hydrogen-bond donors (Lipinski definition) is 1. The molecular formula is C12H18N6O. The molecule has 0 fully saturated rings. The van der Waals surface area contributed by atoms with Gasteiger partial charge in [0.05, 0.1) is 11.8 Å². The monoisotopic (exact) mass is 262 g/mol. The number of ether oxygens (including phenoxy) is 1. The zero-order chi connectivity index (χ0) is 14.0. The molecule has 0 aromatic carbocycles. The number of rotatable bonds is 4. The van der Waals surface area contributed by atoms with E-state index in [2.05, 4.69) is 33.9 Å². The molecule has 2 aromatic heterocycles. The van der Waals surface area contributed by atoms with Crippen LogP contribution in [0.3, 0.4) is 0 Å². The minimum Gasteiger partial charge on any atom is -0.461 e. The quantitative estimate of drug-likeness (QED) is 0.898. The van der Waals surface area contributed by atoms with Crippen molar-refractivity contribution in [3.63, 3.8) is 0 Å². The number of aromatic nitrogens is 5. The van der Waals surface area contributed by atoms with Crippen molar-refractivity contribution in [1.29, 1.82) is 0 Å². The van der Waals surface area contributed by atoms with Crippen molar-refractivity contribution in [2.24, 2.45) is 0 Å². The molecule has 2 N–H and O–H groups in total. The van der Waals surface area contributed by atoms with Gasteiger partial charge in [-0.2, -0.15) is 20.1 Å². The van der Waals surface area contributed by atoms with Crippen molar-refractivity contribution >= 4 is 5.95 Å². The van der Waals surface area contributed by atoms with Gasteiger partial charge in [-0.15, -0.1) is 0 Å². The molecule has 0 aliphatic heterocycles. The Morgan fingerprint density at radius 1 is 1.16 bits per heavy atom. The molecule has 7 nitrogen and oxygen atoms in total. The second-order valence-electron chi connectivity index (χ2n) is 4.78. The molecule has 2 heterocycles. The van der Waals surface area contributed by atoms with E-state index in [4.69, 9.17) is 10.5 Å². The van der Waals surface area contributed by atoms with E-state index in [1.165, 1.54) is 0 Å². The number of hydrogen-bond acceptors (Lipinski definition) is 6. The van der Waals surface area contributed by atoms with Gasteiger partial charge in [0.1, 0.15) is 0 Å². The highest BCUT2D eigenvalue weighted by Crippen LogP contribution is 2.14. The molecule has 2 aromatic rings. The lowest BCUT2D eigenvalue weighted by Crippen LogP contribution is -2.13. The van der Waals surface area contributed by atoms with E-state index >= 15 is 0 Å². The summed E-state index contributed by atoms with van der Waals surface area (Å²) >= 11 is 0. The minimum atomic E-state index is -0.0292. The van der Waals surface area contributed by atoms with Crippen LogP contribution in [0.1, 0.15) is 39.3 Å². The van der Waals surface area contributed by atoms with Gasteiger partial charge in [-0.25, -0.2) is 4.68 Å². The lowest BCUT2D eigenvalue weighted by Gasteiger charge is -2.08. The molecule has 19 heavy (non-hydrogen) atoms. The predicted octanol–water partition coefficient (Wildman–Crippen LogP) is 1.55. The maximum atomic E-state index is 5.66. The van der Waals surface area contributed by atoms with Crippen LogP contribution in [0.2, 0.25) is 0 Å². The van der Waals surface area contributed by atoms with E-state index in [-0.39, 0.29) is 18.1 Å². The van der Waals surface area contributed by atoms with Crippen LogP contribution in [0, 0.1) is 0 Å². The zero-order valence-corrected chi connectivity index (χ0v) is 11.5. The van der Waals surface area contributed by atoms with Crippen molar-refractivity contribution in [3.05, 3.63) is 18.0 Å². The summed E-state index contributed by atoms with van der Waals surface area (Å²) in [5, 5.41) is 4.39. The Bertz CT molecular complexity index is 563. The van der Waals surface area contributed by atoms with E-state index in [1.54, 1.807) is 10.9 Å². The summed E-state index contributed by atoms with van der Waals surface area (Å²) in [4.78, 5) is 12.2. The third kappa shape index (κ3) is 3.18. The molecule has 7 heteroatoms. The van der Waals surface area contributed by atoms with Crippen LogP contribution in [0.5, 0.6) is 6.01 Å². The number of anilines is 1. The lowest BCUT2D eigenvalue weighted by atomic mass is 10.1. The molecule has 0 saturated carbocycles. The maximum absolute atomic E-state index is 5.66. The number of nitrogen functional groups attached to an aromatic ring is 1. The minimum absolute atomic E-state index is 0.0292. The molecule has 0 spiro atoms. The van der Waals surface area contributed by atoms with Gasteiger partial charge in [0.15, 0.2) is 0 Å². The summed E-state index contributed by atoms with van der Waals surface area (Å²) in [5.74, 6) is 0.809. The van der Waals surface area contributed by atoms with Gasteiger partial charge in [0, 0.05) is 6.20 Å². The Balaban J connectivity index is 2.35. The fourth-order valence-electron chi connectivity index (χ4n) is 1.48. The van der Waals surface area contributed by atoms with Gasteiger partial charge in [0.2, 0.25) is 5.95 Å². The second kappa shape index (κ2) is 5.21. The van der Waals surface area contributed by atoms with Crippen LogP contribution in [0.25, 0.3) is 5.95 Å². The molecule has 0 unspecified atom stereocenters. The van der Waals surface area contributed by atoms with Crippen LogP contribution < -0.4 is 10.5 Å². The van der Waals surface area contributed by atoms with Gasteiger partial charge in [-0.1, -0.05) is 13.8 Å². The highest BCUT2D eigenvalue weighted by molar-refractivity contribution is 5.25. The Labute approximate surface area is 111 Å². The van der Waals surface area contributed by atoms with E-state index in [0.29, 0.717) is 11.9 Å². The first-order valence-corrected chi connectivity index (χ1v) is 6.20. The van der Waals surface area contributed by atoms with Crippen molar-refractivity contribution in [3.8, 4) is 12.0 Å². The fourth-order valence-corrected chi connectivity index (χ4v) is 1.48. The Morgan fingerprint density at radius 3 is 2.47 bits per heavy atom. The second-order valence-corrected chi connectivity index (χ2v) is 4.78. The molecule has 0 aliphatic carbocycles. The summed E-state index contributed by atoms with van der Waals surface area (Å²) in [6, 6.07) is 2.13. The summed E-state index contributed by atoms with van der Waals surface area (Å²) < 4.78 is 7.00. The summed E-state index contributed by atoms with van der Waals surface area (Å²) in [6.45, 7) is 7.93. The van der Waals surface area contributed by atoms with Crippen LogP contribution >= 0.6 is 0 Å². The molecule has 0 saturated heterocycles.